The van der Waals surface area contributed by atoms with Crippen LogP contribution in [-0.4, -0.2) is 18.5 Å². The number of benzene rings is 4. The van der Waals surface area contributed by atoms with Crippen LogP contribution in [0.2, 0.25) is 0 Å². The van der Waals surface area contributed by atoms with Crippen molar-refractivity contribution in [1.82, 2.24) is 0 Å². The molecule has 5 nitrogen and oxygen atoms in total. The summed E-state index contributed by atoms with van der Waals surface area (Å²) in [5.74, 6) is 0. The summed E-state index contributed by atoms with van der Waals surface area (Å²) in [6, 6.07) is 43.6. The van der Waals surface area contributed by atoms with E-state index in [4.69, 9.17) is 13.0 Å². The molecule has 2 aromatic heterocycles. The average molecular weight is 714 g/mol. The second-order valence-electron chi connectivity index (χ2n) is 12.1. The van der Waals surface area contributed by atoms with Gasteiger partial charge in [-0.1, -0.05) is 116 Å². The Bertz CT molecular complexity index is 2010. The molecule has 4 aromatic carbocycles. The number of aryl methyl sites for hydroxylation is 6. The molecule has 0 saturated carbocycles. The van der Waals surface area contributed by atoms with Gasteiger partial charge < -0.3 is 4.55 Å². The van der Waals surface area contributed by atoms with Crippen LogP contribution in [0.4, 0.5) is 13.2 Å². The van der Waals surface area contributed by atoms with Crippen LogP contribution in [-0.2, 0) is 24.2 Å². The van der Waals surface area contributed by atoms with E-state index in [1.54, 1.807) is 0 Å². The summed E-state index contributed by atoms with van der Waals surface area (Å²) in [5, 5.41) is 0. The minimum Gasteiger partial charge on any atom is -0.741 e. The number of hydrogen-bond acceptors (Lipinski definition) is 3. The first kappa shape index (κ1) is 40.3. The third kappa shape index (κ3) is 11.2. The van der Waals surface area contributed by atoms with Crippen molar-refractivity contribution in [2.24, 2.45) is 14.1 Å². The van der Waals surface area contributed by atoms with E-state index in [1.807, 2.05) is 0 Å². The van der Waals surface area contributed by atoms with Crippen molar-refractivity contribution < 1.29 is 35.3 Å². The highest BCUT2D eigenvalue weighted by Crippen LogP contribution is 2.26. The standard InChI is InChI=1S/C20H22N2.C20H18.CHF3O3S.CH4/c1-15-5-7-19(13-21(15)3)17-9-11-18(12-10-17)20-8-6-16(2)22(4)14-20;1-15-3-7-17(8-4-15)19-11-13-20(14-12-19)18-9-5-16(2)6-10-18;2-1(3,4)8(5,6)7;/h5-14H,1-4H3;3-14H,1-2H3;(H,5,6,7);1H4/q+2;;;/p-1. The molecule has 6 rings (SSSR count). The molecule has 0 aliphatic carbocycles. The molecule has 0 amide bonds. The van der Waals surface area contributed by atoms with E-state index in [0.717, 1.165) is 0 Å². The number of rotatable bonds is 4. The maximum atomic E-state index is 10.7. The van der Waals surface area contributed by atoms with E-state index in [-0.39, 0.29) is 7.43 Å². The molecule has 0 N–H and O–H groups in total. The number of aromatic nitrogens is 2. The van der Waals surface area contributed by atoms with Crippen molar-refractivity contribution in [3.05, 3.63) is 156 Å². The molecule has 0 saturated heterocycles. The molecule has 0 unspecified atom stereocenters. The van der Waals surface area contributed by atoms with E-state index < -0.39 is 15.6 Å². The van der Waals surface area contributed by atoms with Gasteiger partial charge in [0.05, 0.1) is 0 Å². The van der Waals surface area contributed by atoms with Crippen LogP contribution in [0.25, 0.3) is 44.5 Å². The molecule has 9 heteroatoms. The second-order valence-corrected chi connectivity index (χ2v) is 13.5. The van der Waals surface area contributed by atoms with Gasteiger partial charge in [0, 0.05) is 37.1 Å². The summed E-state index contributed by atoms with van der Waals surface area (Å²) >= 11 is 0. The Labute approximate surface area is 300 Å². The number of pyridine rings is 2. The van der Waals surface area contributed by atoms with E-state index >= 15 is 0 Å². The molecule has 2 heterocycles. The lowest BCUT2D eigenvalue weighted by Crippen LogP contribution is -2.31. The molecule has 51 heavy (non-hydrogen) atoms. The van der Waals surface area contributed by atoms with Crippen molar-refractivity contribution in [3.8, 4) is 44.5 Å². The van der Waals surface area contributed by atoms with Gasteiger partial charge in [0.1, 0.15) is 14.1 Å². The highest BCUT2D eigenvalue weighted by Gasteiger charge is 2.36. The van der Waals surface area contributed by atoms with Crippen molar-refractivity contribution in [2.75, 3.05) is 0 Å². The zero-order chi connectivity index (χ0) is 36.6. The van der Waals surface area contributed by atoms with Gasteiger partial charge in [-0.3, -0.25) is 0 Å². The van der Waals surface area contributed by atoms with Crippen LogP contribution in [0.5, 0.6) is 0 Å². The summed E-state index contributed by atoms with van der Waals surface area (Å²) in [6.45, 7) is 8.46. The zero-order valence-corrected chi connectivity index (χ0v) is 29.7. The lowest BCUT2D eigenvalue weighted by Gasteiger charge is -2.08. The number of alkyl halides is 3. The summed E-state index contributed by atoms with van der Waals surface area (Å²) in [4.78, 5) is 0. The highest BCUT2D eigenvalue weighted by molar-refractivity contribution is 7.86. The van der Waals surface area contributed by atoms with Crippen molar-refractivity contribution in [2.45, 2.75) is 40.6 Å². The first-order valence-corrected chi connectivity index (χ1v) is 17.2. The molecule has 6 aromatic rings. The third-order valence-electron chi connectivity index (χ3n) is 8.28. The minimum absolute atomic E-state index is 0. The quantitative estimate of drug-likeness (QED) is 0.104. The summed E-state index contributed by atoms with van der Waals surface area (Å²) in [6.07, 6.45) is 4.35. The average Bonchev–Trinajstić information content (AvgIpc) is 3.08. The molecule has 266 valence electrons. The van der Waals surface area contributed by atoms with Gasteiger partial charge in [-0.15, -0.1) is 0 Å². The summed E-state index contributed by atoms with van der Waals surface area (Å²) < 4.78 is 63.2. The Morgan fingerprint density at radius 1 is 0.451 bits per heavy atom. The van der Waals surface area contributed by atoms with E-state index in [9.17, 15) is 13.2 Å². The fourth-order valence-electron chi connectivity index (χ4n) is 4.91. The van der Waals surface area contributed by atoms with Crippen molar-refractivity contribution >= 4 is 10.1 Å². The van der Waals surface area contributed by atoms with Gasteiger partial charge in [-0.25, -0.2) is 17.6 Å². The Balaban J connectivity index is 0.000000225. The van der Waals surface area contributed by atoms with Crippen molar-refractivity contribution in [1.29, 1.82) is 0 Å². The third-order valence-corrected chi connectivity index (χ3v) is 8.84. The second kappa shape index (κ2) is 17.2. The molecule has 0 fully saturated rings. The Morgan fingerprint density at radius 2 is 0.647 bits per heavy atom. The largest absolute Gasteiger partial charge is 0.741 e. The predicted molar refractivity (Wildman–Crippen MR) is 198 cm³/mol. The fourth-order valence-corrected chi connectivity index (χ4v) is 4.91. The van der Waals surface area contributed by atoms with Gasteiger partial charge in [0.2, 0.25) is 0 Å². The van der Waals surface area contributed by atoms with Crippen molar-refractivity contribution in [3.63, 3.8) is 0 Å². The molecular formula is C42H44F3N2O3S+. The Hall–Kier alpha value is -5.12. The minimum atomic E-state index is -6.09. The Morgan fingerprint density at radius 3 is 0.863 bits per heavy atom. The fraction of sp³-hybridized carbons (Fsp3) is 0.190. The number of hydrogen-bond donors (Lipinski definition) is 0. The van der Waals surface area contributed by atoms with Gasteiger partial charge in [0.25, 0.3) is 0 Å². The van der Waals surface area contributed by atoms with Gasteiger partial charge >= 0.3 is 5.51 Å². The smallest absolute Gasteiger partial charge is 0.485 e. The molecule has 0 radical (unpaired) electrons. The molecule has 0 atom stereocenters. The SMILES string of the molecule is C.Cc1ccc(-c2ccc(-c3ccc(C)[n+](C)c3)cc2)c[n+]1C.Cc1ccc(-c2ccc(-c3ccc(C)cc3)cc2)cc1.O=S(=O)([O-])C(F)(F)F. The normalized spacial score (nSPS) is 10.9. The maximum Gasteiger partial charge on any atom is 0.485 e. The van der Waals surface area contributed by atoms with E-state index in [1.165, 1.54) is 67.0 Å². The van der Waals surface area contributed by atoms with Crippen LogP contribution >= 0.6 is 0 Å². The number of halogens is 3. The Kier molecular flexibility index (Phi) is 13.6. The topological polar surface area (TPSA) is 65.0 Å². The van der Waals surface area contributed by atoms with Gasteiger partial charge in [-0.05, 0) is 59.4 Å². The summed E-state index contributed by atoms with van der Waals surface area (Å²) in [5.41, 5.74) is 9.51. The number of nitrogens with zero attached hydrogens (tertiary/aromatic N) is 2. The lowest BCUT2D eigenvalue weighted by atomic mass is 9.99. The van der Waals surface area contributed by atoms with E-state index in [2.05, 4.69) is 185 Å². The summed E-state index contributed by atoms with van der Waals surface area (Å²) in [7, 11) is -1.92. The lowest BCUT2D eigenvalue weighted by molar-refractivity contribution is -0.677. The first-order valence-electron chi connectivity index (χ1n) is 15.8. The van der Waals surface area contributed by atoms with Crippen LogP contribution in [0.3, 0.4) is 0 Å². The van der Waals surface area contributed by atoms with Gasteiger partial charge in [0.15, 0.2) is 33.9 Å². The molecule has 0 spiro atoms. The molecule has 0 aliphatic heterocycles. The predicted octanol–water partition coefficient (Wildman–Crippen LogP) is 9.61. The molecule has 0 aliphatic rings. The van der Waals surface area contributed by atoms with Gasteiger partial charge in [-0.2, -0.15) is 13.2 Å². The van der Waals surface area contributed by atoms with Crippen LogP contribution in [0.15, 0.2) is 134 Å². The van der Waals surface area contributed by atoms with Crippen LogP contribution in [0.1, 0.15) is 29.9 Å². The first-order chi connectivity index (χ1) is 23.5. The molecular weight excluding hydrogens is 670 g/mol. The monoisotopic (exact) mass is 713 g/mol. The van der Waals surface area contributed by atoms with Crippen LogP contribution < -0.4 is 9.13 Å². The van der Waals surface area contributed by atoms with E-state index in [0.29, 0.717) is 0 Å². The maximum absolute atomic E-state index is 10.7. The molecule has 0 bridgehead atoms. The zero-order valence-electron chi connectivity index (χ0n) is 28.9. The highest BCUT2D eigenvalue weighted by atomic mass is 32.2. The van der Waals surface area contributed by atoms with Crippen LogP contribution in [0, 0.1) is 27.7 Å².